The highest BCUT2D eigenvalue weighted by atomic mass is 16.5. The van der Waals surface area contributed by atoms with Gasteiger partial charge in [-0.15, -0.1) is 0 Å². The number of alkyl carbamates (subject to hydrolysis) is 1. The van der Waals surface area contributed by atoms with Crippen molar-refractivity contribution in [2.24, 2.45) is 5.92 Å². The van der Waals surface area contributed by atoms with E-state index < -0.39 is 17.6 Å². The van der Waals surface area contributed by atoms with Gasteiger partial charge in [0.05, 0.1) is 6.42 Å². The molecule has 1 aliphatic heterocycles. The number of carbonyl (C=O) groups excluding carboxylic acids is 2. The third-order valence-corrected chi connectivity index (χ3v) is 7.84. The summed E-state index contributed by atoms with van der Waals surface area (Å²) in [4.78, 5) is 39.7. The lowest BCUT2D eigenvalue weighted by Crippen LogP contribution is -2.62. The Labute approximate surface area is 205 Å². The van der Waals surface area contributed by atoms with E-state index in [4.69, 9.17) is 4.74 Å². The number of benzene rings is 2. The molecule has 35 heavy (non-hydrogen) atoms. The van der Waals surface area contributed by atoms with Crippen LogP contribution in [-0.4, -0.2) is 52.7 Å². The van der Waals surface area contributed by atoms with Crippen LogP contribution in [0.15, 0.2) is 48.5 Å². The number of fused-ring (bicyclic) bond motifs is 3. The van der Waals surface area contributed by atoms with Crippen molar-refractivity contribution in [2.45, 2.75) is 62.9 Å². The minimum atomic E-state index is -1.10. The first kappa shape index (κ1) is 23.4. The van der Waals surface area contributed by atoms with Gasteiger partial charge in [-0.1, -0.05) is 48.5 Å². The van der Waals surface area contributed by atoms with E-state index in [2.05, 4.69) is 29.6 Å². The molecule has 184 valence electrons. The summed E-state index contributed by atoms with van der Waals surface area (Å²) in [6.45, 7) is 2.46. The molecule has 2 aromatic carbocycles. The Morgan fingerprint density at radius 2 is 1.63 bits per heavy atom. The van der Waals surface area contributed by atoms with Crippen molar-refractivity contribution in [2.75, 3.05) is 13.2 Å². The van der Waals surface area contributed by atoms with Crippen LogP contribution in [0.4, 0.5) is 4.79 Å². The minimum Gasteiger partial charge on any atom is -0.481 e. The van der Waals surface area contributed by atoms with E-state index in [1.165, 1.54) is 0 Å². The van der Waals surface area contributed by atoms with Gasteiger partial charge in [-0.05, 0) is 67.2 Å². The Bertz CT molecular complexity index is 1100. The average Bonchev–Trinajstić information content (AvgIpc) is 3.66. The molecule has 1 unspecified atom stereocenters. The number of hydrogen-bond donors (Lipinski definition) is 2. The van der Waals surface area contributed by atoms with Crippen molar-refractivity contribution in [3.63, 3.8) is 0 Å². The zero-order valence-electron chi connectivity index (χ0n) is 20.0. The third kappa shape index (κ3) is 4.51. The average molecular weight is 477 g/mol. The Kier molecular flexibility index (Phi) is 6.26. The SMILES string of the molecule is CC(NC(=O)OCC1c2ccccc2-c2ccccc21)(C(=O)N1CCCC[C@H]1CC(=O)O)C1CC1. The van der Waals surface area contributed by atoms with Gasteiger partial charge < -0.3 is 20.1 Å². The lowest BCUT2D eigenvalue weighted by molar-refractivity contribution is -0.146. The van der Waals surface area contributed by atoms with E-state index in [9.17, 15) is 19.5 Å². The van der Waals surface area contributed by atoms with Gasteiger partial charge in [-0.25, -0.2) is 4.79 Å². The van der Waals surface area contributed by atoms with Crippen molar-refractivity contribution in [1.82, 2.24) is 10.2 Å². The molecule has 1 heterocycles. The summed E-state index contributed by atoms with van der Waals surface area (Å²) in [7, 11) is 0. The van der Waals surface area contributed by atoms with Gasteiger partial charge in [-0.2, -0.15) is 0 Å². The molecule has 0 radical (unpaired) electrons. The first-order valence-corrected chi connectivity index (χ1v) is 12.5. The maximum Gasteiger partial charge on any atom is 0.408 e. The van der Waals surface area contributed by atoms with Crippen molar-refractivity contribution in [3.8, 4) is 11.1 Å². The number of piperidine rings is 1. The minimum absolute atomic E-state index is 0.0305. The number of carbonyl (C=O) groups is 3. The van der Waals surface area contributed by atoms with Gasteiger partial charge in [0, 0.05) is 18.5 Å². The van der Waals surface area contributed by atoms with E-state index in [1.807, 2.05) is 24.3 Å². The van der Waals surface area contributed by atoms with Crippen LogP contribution >= 0.6 is 0 Å². The van der Waals surface area contributed by atoms with Gasteiger partial charge in [0.1, 0.15) is 12.1 Å². The van der Waals surface area contributed by atoms with Crippen LogP contribution in [0.1, 0.15) is 62.5 Å². The summed E-state index contributed by atoms with van der Waals surface area (Å²) in [6, 6.07) is 16.0. The normalized spacial score (nSPS) is 20.9. The third-order valence-electron chi connectivity index (χ3n) is 7.84. The van der Waals surface area contributed by atoms with Crippen molar-refractivity contribution >= 4 is 18.0 Å². The maximum atomic E-state index is 13.7. The number of hydrogen-bond acceptors (Lipinski definition) is 4. The molecule has 2 aromatic rings. The molecule has 2 atom stereocenters. The highest BCUT2D eigenvalue weighted by Crippen LogP contribution is 2.45. The number of aliphatic carboxylic acids is 1. The molecule has 1 saturated heterocycles. The van der Waals surface area contributed by atoms with Crippen molar-refractivity contribution in [1.29, 1.82) is 0 Å². The van der Waals surface area contributed by atoms with Crippen molar-refractivity contribution < 1.29 is 24.2 Å². The number of amides is 2. The van der Waals surface area contributed by atoms with Crippen LogP contribution in [0, 0.1) is 5.92 Å². The maximum absolute atomic E-state index is 13.7. The van der Waals surface area contributed by atoms with E-state index in [1.54, 1.807) is 11.8 Å². The fraction of sp³-hybridized carbons (Fsp3) is 0.464. The highest BCUT2D eigenvalue weighted by Gasteiger charge is 2.51. The van der Waals surface area contributed by atoms with E-state index in [0.29, 0.717) is 13.0 Å². The molecule has 5 rings (SSSR count). The number of nitrogens with zero attached hydrogens (tertiary/aromatic N) is 1. The molecule has 0 bridgehead atoms. The highest BCUT2D eigenvalue weighted by molar-refractivity contribution is 5.91. The Morgan fingerprint density at radius 1 is 1.00 bits per heavy atom. The number of carboxylic acid groups (broad SMARTS) is 1. The molecule has 1 saturated carbocycles. The zero-order chi connectivity index (χ0) is 24.6. The fourth-order valence-corrected chi connectivity index (χ4v) is 5.82. The van der Waals surface area contributed by atoms with E-state index in [-0.39, 0.29) is 36.8 Å². The molecule has 3 aliphatic rings. The summed E-state index contributed by atoms with van der Waals surface area (Å²) >= 11 is 0. The Morgan fingerprint density at radius 3 is 2.23 bits per heavy atom. The van der Waals surface area contributed by atoms with Gasteiger partial charge in [-0.3, -0.25) is 9.59 Å². The number of rotatable bonds is 7. The monoisotopic (exact) mass is 476 g/mol. The van der Waals surface area contributed by atoms with Gasteiger partial charge in [0.25, 0.3) is 0 Å². The van der Waals surface area contributed by atoms with Crippen LogP contribution in [0.3, 0.4) is 0 Å². The van der Waals surface area contributed by atoms with Crippen molar-refractivity contribution in [3.05, 3.63) is 59.7 Å². The summed E-state index contributed by atoms with van der Waals surface area (Å²) in [5.41, 5.74) is 3.48. The second-order valence-electron chi connectivity index (χ2n) is 10.2. The molecule has 0 spiro atoms. The molecule has 0 aromatic heterocycles. The van der Waals surface area contributed by atoms with E-state index in [0.717, 1.165) is 47.9 Å². The lowest BCUT2D eigenvalue weighted by Gasteiger charge is -2.41. The second kappa shape index (κ2) is 9.36. The topological polar surface area (TPSA) is 95.9 Å². The largest absolute Gasteiger partial charge is 0.481 e. The van der Waals surface area contributed by atoms with Crippen LogP contribution in [0.5, 0.6) is 0 Å². The predicted octanol–water partition coefficient (Wildman–Crippen LogP) is 4.55. The van der Waals surface area contributed by atoms with E-state index >= 15 is 0 Å². The second-order valence-corrected chi connectivity index (χ2v) is 10.2. The molecule has 2 amide bonds. The quantitative estimate of drug-likeness (QED) is 0.611. The molecular formula is C28H32N2O5. The van der Waals surface area contributed by atoms with Gasteiger partial charge in [0.2, 0.25) is 5.91 Å². The number of ether oxygens (including phenoxy) is 1. The van der Waals surface area contributed by atoms with Crippen LogP contribution in [0.25, 0.3) is 11.1 Å². The first-order valence-electron chi connectivity index (χ1n) is 12.5. The Hall–Kier alpha value is -3.35. The van der Waals surface area contributed by atoms with Crippen LogP contribution in [-0.2, 0) is 14.3 Å². The molecule has 7 nitrogen and oxygen atoms in total. The zero-order valence-corrected chi connectivity index (χ0v) is 20.0. The van der Waals surface area contributed by atoms with Crippen LogP contribution in [0.2, 0.25) is 0 Å². The number of likely N-dealkylation sites (tertiary alicyclic amines) is 1. The standard InChI is InChI=1S/C28H32N2O5/c1-28(18-13-14-18,26(33)30-15-7-6-8-19(30)16-25(31)32)29-27(34)35-17-24-22-11-4-2-9-20(22)21-10-3-5-12-23(21)24/h2-5,9-12,18-19,24H,6-8,13-17H2,1H3,(H,29,34)(H,31,32)/t19-,28?/m0/s1. The number of carboxylic acids is 1. The molecule has 2 N–H and O–H groups in total. The number of nitrogens with one attached hydrogen (secondary N) is 1. The fourth-order valence-electron chi connectivity index (χ4n) is 5.82. The molecule has 2 aliphatic carbocycles. The smallest absolute Gasteiger partial charge is 0.408 e. The first-order chi connectivity index (χ1) is 16.9. The summed E-state index contributed by atoms with van der Waals surface area (Å²) in [5.74, 6) is -1.13. The van der Waals surface area contributed by atoms with Gasteiger partial charge in [0.15, 0.2) is 0 Å². The summed E-state index contributed by atoms with van der Waals surface area (Å²) in [6.07, 6.45) is 3.43. The summed E-state index contributed by atoms with van der Waals surface area (Å²) < 4.78 is 5.73. The predicted molar refractivity (Wildman–Crippen MR) is 131 cm³/mol. The van der Waals surface area contributed by atoms with Gasteiger partial charge >= 0.3 is 12.1 Å². The molecular weight excluding hydrogens is 444 g/mol. The Balaban J connectivity index is 1.29. The lowest BCUT2D eigenvalue weighted by atomic mass is 9.90. The molecule has 7 heteroatoms. The molecule has 2 fully saturated rings. The summed E-state index contributed by atoms with van der Waals surface area (Å²) in [5, 5.41) is 12.2. The van der Waals surface area contributed by atoms with Crippen LogP contribution < -0.4 is 5.32 Å².